The molecule has 0 aliphatic heterocycles. The van der Waals surface area contributed by atoms with E-state index in [9.17, 15) is 8.42 Å². The van der Waals surface area contributed by atoms with Gasteiger partial charge in [0.2, 0.25) is 0 Å². The topological polar surface area (TPSA) is 102 Å². The molecule has 0 saturated carbocycles. The summed E-state index contributed by atoms with van der Waals surface area (Å²) < 4.78 is 29.3. The van der Waals surface area contributed by atoms with Crippen LogP contribution in [0.3, 0.4) is 0 Å². The third kappa shape index (κ3) is 11.7. The van der Waals surface area contributed by atoms with Gasteiger partial charge in [-0.15, -0.1) is 0 Å². The fraction of sp³-hybridized carbons (Fsp3) is 0. The van der Waals surface area contributed by atoms with Gasteiger partial charge in [-0.1, -0.05) is 4.33 Å². The summed E-state index contributed by atoms with van der Waals surface area (Å²) in [5.74, 6) is 0. The SMILES string of the molecule is O=S(=O)(O)OOOO.[Cr]. The van der Waals surface area contributed by atoms with Crippen LogP contribution in [-0.2, 0) is 42.2 Å². The minimum Gasteiger partial charge on any atom is -0.262 e. The van der Waals surface area contributed by atoms with Crippen molar-refractivity contribution in [3.63, 3.8) is 0 Å². The molecule has 0 spiro atoms. The molecule has 0 aliphatic rings. The third-order valence-corrected chi connectivity index (χ3v) is 0.372. The molecule has 2 N–H and O–H groups in total. The fourth-order valence-corrected chi connectivity index (χ4v) is 0.143. The Hall–Kier alpha value is 0.282. The first kappa shape index (κ1) is 12.0. The van der Waals surface area contributed by atoms with Gasteiger partial charge >= 0.3 is 10.4 Å². The predicted octanol–water partition coefficient (Wildman–Crippen LogP) is -0.860. The summed E-state index contributed by atoms with van der Waals surface area (Å²) in [5.41, 5.74) is 0. The van der Waals surface area contributed by atoms with E-state index in [0.717, 1.165) is 0 Å². The van der Waals surface area contributed by atoms with Gasteiger partial charge in [-0.05, 0) is 10.1 Å². The van der Waals surface area contributed by atoms with E-state index in [-0.39, 0.29) is 17.4 Å². The number of hydrogen-bond donors (Lipinski definition) is 2. The van der Waals surface area contributed by atoms with E-state index in [2.05, 4.69) is 14.4 Å². The maximum atomic E-state index is 9.41. The average molecular weight is 198 g/mol. The van der Waals surface area contributed by atoms with Crippen LogP contribution >= 0.6 is 0 Å². The Morgan fingerprint density at radius 2 is 1.78 bits per heavy atom. The molecule has 0 heterocycles. The van der Waals surface area contributed by atoms with E-state index in [1.807, 2.05) is 0 Å². The summed E-state index contributed by atoms with van der Waals surface area (Å²) in [5, 5.41) is 12.8. The fourth-order valence-electron chi connectivity index (χ4n) is 0.0475. The smallest absolute Gasteiger partial charge is 0.262 e. The Labute approximate surface area is 61.0 Å². The molecule has 0 radical (unpaired) electrons. The van der Waals surface area contributed by atoms with Crippen molar-refractivity contribution in [3.05, 3.63) is 0 Å². The van der Waals surface area contributed by atoms with E-state index >= 15 is 0 Å². The molecular weight excluding hydrogens is 196 g/mol. The Bertz CT molecular complexity index is 133. The predicted molar refractivity (Wildman–Crippen MR) is 17.4 cm³/mol. The maximum Gasteiger partial charge on any atom is 0.426 e. The first-order valence-corrected chi connectivity index (χ1v) is 2.56. The minimum atomic E-state index is -4.69. The van der Waals surface area contributed by atoms with Gasteiger partial charge in [-0.25, -0.2) is 5.26 Å². The van der Waals surface area contributed by atoms with E-state index in [0.29, 0.717) is 0 Å². The molecule has 7 nitrogen and oxygen atoms in total. The van der Waals surface area contributed by atoms with Gasteiger partial charge in [-0.3, -0.25) is 4.55 Å². The quantitative estimate of drug-likeness (QED) is 0.345. The zero-order valence-electron chi connectivity index (χ0n) is 3.75. The van der Waals surface area contributed by atoms with Crippen molar-refractivity contribution in [2.45, 2.75) is 0 Å². The maximum absolute atomic E-state index is 9.41. The summed E-state index contributed by atoms with van der Waals surface area (Å²) >= 11 is 0. The van der Waals surface area contributed by atoms with Gasteiger partial charge in [0.05, 0.1) is 0 Å². The summed E-state index contributed by atoms with van der Waals surface area (Å²) in [6.45, 7) is 0. The van der Waals surface area contributed by atoms with Crippen molar-refractivity contribution in [1.82, 2.24) is 0 Å². The molecule has 0 aromatic heterocycles. The number of rotatable bonds is 3. The Kier molecular flexibility index (Phi) is 6.80. The van der Waals surface area contributed by atoms with Crippen molar-refractivity contribution in [3.8, 4) is 0 Å². The summed E-state index contributed by atoms with van der Waals surface area (Å²) in [4.78, 5) is 0. The molecule has 9 heavy (non-hydrogen) atoms. The first-order valence-electron chi connectivity index (χ1n) is 1.20. The molecule has 0 fully saturated rings. The number of hydrogen-bond acceptors (Lipinski definition) is 6. The van der Waals surface area contributed by atoms with E-state index < -0.39 is 10.4 Å². The van der Waals surface area contributed by atoms with Crippen LogP contribution in [0.25, 0.3) is 0 Å². The van der Waals surface area contributed by atoms with Crippen molar-refractivity contribution in [2.24, 2.45) is 0 Å². The monoisotopic (exact) mass is 198 g/mol. The molecule has 0 aromatic carbocycles. The second-order valence-electron chi connectivity index (χ2n) is 0.638. The van der Waals surface area contributed by atoms with Crippen molar-refractivity contribution < 1.29 is 50.0 Å². The molecule has 0 bridgehead atoms. The molecule has 56 valence electrons. The van der Waals surface area contributed by atoms with Crippen LogP contribution in [-0.4, -0.2) is 18.2 Å². The zero-order valence-corrected chi connectivity index (χ0v) is 5.84. The molecule has 0 saturated heterocycles. The van der Waals surface area contributed by atoms with E-state index in [1.54, 1.807) is 0 Å². The largest absolute Gasteiger partial charge is 0.426 e. The third-order valence-electron chi connectivity index (χ3n) is 0.144. The minimum absolute atomic E-state index is 0. The molecule has 0 aliphatic carbocycles. The second-order valence-corrected chi connectivity index (χ2v) is 1.63. The van der Waals surface area contributed by atoms with Crippen LogP contribution in [0.5, 0.6) is 0 Å². The summed E-state index contributed by atoms with van der Waals surface area (Å²) in [7, 11) is -4.69. The molecule has 0 rings (SSSR count). The van der Waals surface area contributed by atoms with Crippen LogP contribution in [0.4, 0.5) is 0 Å². The standard InChI is InChI=1S/Cr.H2O7S/c;1-5-6-7-8(2,3)4/h;1H,(H,2,3,4). The van der Waals surface area contributed by atoms with Gasteiger partial charge in [-0.2, -0.15) is 8.42 Å². The van der Waals surface area contributed by atoms with Gasteiger partial charge in [0.25, 0.3) is 0 Å². The van der Waals surface area contributed by atoms with Crippen molar-refractivity contribution in [1.29, 1.82) is 0 Å². The van der Waals surface area contributed by atoms with Crippen LogP contribution in [0, 0.1) is 0 Å². The summed E-state index contributed by atoms with van der Waals surface area (Å²) in [6.07, 6.45) is 0. The summed E-state index contributed by atoms with van der Waals surface area (Å²) in [6, 6.07) is 0. The van der Waals surface area contributed by atoms with Gasteiger partial charge in [0, 0.05) is 17.4 Å². The van der Waals surface area contributed by atoms with Crippen LogP contribution in [0.2, 0.25) is 0 Å². The second kappa shape index (κ2) is 5.10. The normalized spacial score (nSPS) is 10.4. The average Bonchev–Trinajstić information content (AvgIpc) is 1.59. The molecule has 9 heteroatoms. The zero-order chi connectivity index (χ0) is 6.62. The van der Waals surface area contributed by atoms with Crippen LogP contribution < -0.4 is 0 Å². The molecule has 0 unspecified atom stereocenters. The first-order chi connectivity index (χ1) is 3.56. The van der Waals surface area contributed by atoms with E-state index in [4.69, 9.17) is 9.81 Å². The Morgan fingerprint density at radius 3 is 1.89 bits per heavy atom. The van der Waals surface area contributed by atoms with Crippen LogP contribution in [0.15, 0.2) is 0 Å². The van der Waals surface area contributed by atoms with E-state index in [1.165, 1.54) is 0 Å². The molecule has 0 atom stereocenters. The molecule has 0 aromatic rings. The van der Waals surface area contributed by atoms with Gasteiger partial charge < -0.3 is 0 Å². The van der Waals surface area contributed by atoms with Gasteiger partial charge in [0.15, 0.2) is 0 Å². The van der Waals surface area contributed by atoms with Gasteiger partial charge in [0.1, 0.15) is 0 Å². The Balaban J connectivity index is 0. The Morgan fingerprint density at radius 1 is 1.33 bits per heavy atom. The molecule has 0 amide bonds. The molecular formula is H2CrO7S. The van der Waals surface area contributed by atoms with Crippen molar-refractivity contribution in [2.75, 3.05) is 0 Å². The van der Waals surface area contributed by atoms with Crippen LogP contribution in [0.1, 0.15) is 0 Å². The van der Waals surface area contributed by atoms with Crippen molar-refractivity contribution >= 4 is 10.4 Å².